The highest BCUT2D eigenvalue weighted by Crippen LogP contribution is 2.14. The van der Waals surface area contributed by atoms with E-state index in [4.69, 9.17) is 22.3 Å². The Bertz CT molecular complexity index is 3240. The Kier molecular flexibility index (Phi) is 42.1. The lowest BCUT2D eigenvalue weighted by atomic mass is 9.98. The van der Waals surface area contributed by atoms with Crippen molar-refractivity contribution in [2.45, 2.75) is 233 Å². The summed E-state index contributed by atoms with van der Waals surface area (Å²) in [6.45, 7) is 18.1. The zero-order chi connectivity index (χ0) is 81.7. The van der Waals surface area contributed by atoms with Crippen LogP contribution >= 0.6 is 0 Å². The third kappa shape index (κ3) is 37.3. The van der Waals surface area contributed by atoms with Gasteiger partial charge in [0, 0.05) is 37.7 Å². The maximum absolute atomic E-state index is 14.1. The highest BCUT2D eigenvalue weighted by Gasteiger charge is 2.38. The quantitative estimate of drug-likeness (QED) is 0.0164. The van der Waals surface area contributed by atoms with Crippen molar-refractivity contribution in [1.29, 1.82) is 0 Å². The molecule has 1 aromatic heterocycles. The number of hydrogen-bond donors (Lipinski definition) is 22. The minimum Gasteiger partial charge on any atom is -0.481 e. The summed E-state index contributed by atoms with van der Waals surface area (Å²) < 4.78 is 0. The number of carbonyl (C=O) groups is 17. The fourth-order valence-electron chi connectivity index (χ4n) is 10.1. The van der Waals surface area contributed by atoms with Gasteiger partial charge in [-0.05, 0) is 95.3 Å². The molecule has 107 heavy (non-hydrogen) atoms. The van der Waals surface area contributed by atoms with E-state index in [9.17, 15) is 96.8 Å². The van der Waals surface area contributed by atoms with Gasteiger partial charge in [0.15, 0.2) is 5.96 Å². The first-order valence-electron chi connectivity index (χ1n) is 35.1. The molecule has 0 aliphatic rings. The number of nitrogens with zero attached hydrogens (tertiary/aromatic N) is 2. The molecule has 602 valence electrons. The summed E-state index contributed by atoms with van der Waals surface area (Å²) in [5.41, 5.74) is 16.8. The van der Waals surface area contributed by atoms with Crippen molar-refractivity contribution in [2.24, 2.45) is 51.8 Å². The largest absolute Gasteiger partial charge is 0.481 e. The number of H-pyrrole nitrogens is 1. The van der Waals surface area contributed by atoms with Crippen LogP contribution in [0.2, 0.25) is 0 Å². The van der Waals surface area contributed by atoms with Crippen molar-refractivity contribution in [3.63, 3.8) is 0 Å². The monoisotopic (exact) mass is 1520 g/mol. The number of nitrogens with one attached hydrogen (secondary N) is 15. The summed E-state index contributed by atoms with van der Waals surface area (Å²) in [5, 5.41) is 71.8. The Hall–Kier alpha value is -10.6. The number of aromatic amines is 1. The van der Waals surface area contributed by atoms with E-state index in [1.165, 1.54) is 33.3 Å². The SMILES string of the molecule is CC(C)CC(NC(=O)C(C)NC(=O)C(CCC(=O)O)NC(=O)C(NC(=O)C(CC(C)C)NC(=O)C(Cc1cnc[nH]1)NC(=O)C(N)CO)C(C)C)C(=O)NC(C)C(=O)NC(CC(C)C)C(=O)NC(C(=O)NC(C)C(=O)NCC(=O)NC(CCC(=O)O)C(=O)NC(CCCN=C(N)N)C(=O)NCC(=O)O)C(C)C. The number of imidazole rings is 1. The van der Waals surface area contributed by atoms with E-state index in [1.54, 1.807) is 69.2 Å². The zero-order valence-corrected chi connectivity index (χ0v) is 62.8. The van der Waals surface area contributed by atoms with Crippen LogP contribution in [0.25, 0.3) is 0 Å². The second kappa shape index (κ2) is 47.8. The Balaban J connectivity index is 3.23. The Morgan fingerprint density at radius 3 is 1.21 bits per heavy atom. The molecule has 0 aliphatic carbocycles. The third-order valence-corrected chi connectivity index (χ3v) is 15.9. The number of aromatic nitrogens is 2. The van der Waals surface area contributed by atoms with E-state index in [0.29, 0.717) is 5.69 Å². The summed E-state index contributed by atoms with van der Waals surface area (Å²) in [6.07, 6.45) is 0.311. The number of nitrogens with two attached hydrogens (primary N) is 3. The van der Waals surface area contributed by atoms with Gasteiger partial charge in [-0.2, -0.15) is 0 Å². The van der Waals surface area contributed by atoms with Gasteiger partial charge in [0.25, 0.3) is 0 Å². The maximum atomic E-state index is 14.1. The van der Waals surface area contributed by atoms with Crippen molar-refractivity contribution < 1.29 is 102 Å². The molecule has 25 N–H and O–H groups in total. The van der Waals surface area contributed by atoms with Crippen LogP contribution in [0.4, 0.5) is 0 Å². The van der Waals surface area contributed by atoms with E-state index in [0.717, 1.165) is 0 Å². The first-order valence-corrected chi connectivity index (χ1v) is 35.1. The lowest BCUT2D eigenvalue weighted by Crippen LogP contribution is -2.61. The molecule has 41 heteroatoms. The second-order valence-electron chi connectivity index (χ2n) is 27.7. The van der Waals surface area contributed by atoms with Gasteiger partial charge in [-0.25, -0.2) is 4.98 Å². The van der Waals surface area contributed by atoms with Gasteiger partial charge in [-0.15, -0.1) is 0 Å². The van der Waals surface area contributed by atoms with Crippen LogP contribution in [0.1, 0.15) is 153 Å². The van der Waals surface area contributed by atoms with Crippen molar-refractivity contribution in [1.82, 2.24) is 84.4 Å². The Morgan fingerprint density at radius 2 is 0.785 bits per heavy atom. The molecular formula is C66H112N20O21. The molecule has 0 aromatic carbocycles. The van der Waals surface area contributed by atoms with E-state index < -0.39 is 236 Å². The Morgan fingerprint density at radius 1 is 0.421 bits per heavy atom. The Labute approximate surface area is 619 Å². The molecule has 1 rings (SSSR count). The van der Waals surface area contributed by atoms with E-state index in [2.05, 4.69) is 89.4 Å². The highest BCUT2D eigenvalue weighted by atomic mass is 16.4. The van der Waals surface area contributed by atoms with Crippen LogP contribution in [0.15, 0.2) is 17.5 Å². The predicted octanol–water partition coefficient (Wildman–Crippen LogP) is -6.30. The standard InChI is InChI=1S/C66H112N20O21/c1-30(2)21-43(81-54(96)36(12)75-58(100)42(17-19-49(91)92)80-65(107)52(34(9)10)86-63(105)45(23-32(5)6)84-61(103)46(24-38-25-70-29-74-38)83-56(98)39(67)28-87)60(102)76-37(13)55(97)82-44(22-31(3)4)62(104)85-51(33(7)8)64(106)77-35(11)53(95)72-26-47(88)78-41(16-18-48(89)90)59(101)79-40(15-14-20-71-66(68)69)57(99)73-27-50(93)94/h25,29-37,39-46,51-52,87H,14-24,26-28,67H2,1-13H3,(H,70,74)(H,72,95)(H,73,99)(H,75,100)(H,76,102)(H,77,106)(H,78,88)(H,79,101)(H,80,107)(H,81,96)(H,82,97)(H,83,98)(H,84,103)(H,85,104)(H,86,105)(H,89,90)(H,91,92)(H,93,94)(H4,68,69,71). The number of carboxylic acid groups (broad SMARTS) is 3. The number of carboxylic acids is 3. The normalized spacial score (nSPS) is 14.8. The topological polar surface area (TPSA) is 659 Å². The molecule has 0 saturated heterocycles. The molecular weight excluding hydrogens is 1410 g/mol. The van der Waals surface area contributed by atoms with Crippen LogP contribution < -0.4 is 91.6 Å². The number of aliphatic imine (C=N–C) groups is 1. The molecule has 13 atom stereocenters. The van der Waals surface area contributed by atoms with Gasteiger partial charge in [0.1, 0.15) is 85.1 Å². The van der Waals surface area contributed by atoms with Crippen LogP contribution in [0, 0.1) is 29.6 Å². The van der Waals surface area contributed by atoms with Gasteiger partial charge < -0.3 is 117 Å². The van der Waals surface area contributed by atoms with Crippen molar-refractivity contribution >= 4 is 107 Å². The minimum atomic E-state index is -1.63. The van der Waals surface area contributed by atoms with Gasteiger partial charge in [0.05, 0.1) is 19.5 Å². The number of carbonyl (C=O) groups excluding carboxylic acids is 14. The number of aliphatic carboxylic acids is 3. The van der Waals surface area contributed by atoms with Crippen LogP contribution in [0.5, 0.6) is 0 Å². The lowest BCUT2D eigenvalue weighted by Gasteiger charge is -2.29. The molecule has 1 aromatic rings. The minimum absolute atomic E-state index is 0.00269. The summed E-state index contributed by atoms with van der Waals surface area (Å²) in [6, 6.07) is -18.3. The fourth-order valence-corrected chi connectivity index (χ4v) is 10.1. The highest BCUT2D eigenvalue weighted by molar-refractivity contribution is 6.00. The predicted molar refractivity (Wildman–Crippen MR) is 383 cm³/mol. The molecule has 13 unspecified atom stereocenters. The number of rotatable bonds is 50. The molecule has 0 bridgehead atoms. The molecule has 0 fully saturated rings. The fraction of sp³-hybridized carbons (Fsp3) is 0.682. The molecule has 0 saturated carbocycles. The van der Waals surface area contributed by atoms with E-state index in [1.807, 2.05) is 0 Å². The number of aliphatic hydroxyl groups excluding tert-OH is 1. The zero-order valence-electron chi connectivity index (χ0n) is 62.8. The number of amides is 14. The molecule has 14 amide bonds. The van der Waals surface area contributed by atoms with Crippen molar-refractivity contribution in [3.8, 4) is 0 Å². The van der Waals surface area contributed by atoms with Crippen molar-refractivity contribution in [2.75, 3.05) is 26.2 Å². The van der Waals surface area contributed by atoms with Gasteiger partial charge >= 0.3 is 17.9 Å². The second-order valence-corrected chi connectivity index (χ2v) is 27.7. The first-order chi connectivity index (χ1) is 49.9. The number of hydrogen-bond acceptors (Lipinski definition) is 21. The molecule has 0 radical (unpaired) electrons. The van der Waals surface area contributed by atoms with Crippen LogP contribution in [-0.4, -0.2) is 242 Å². The maximum Gasteiger partial charge on any atom is 0.322 e. The third-order valence-electron chi connectivity index (χ3n) is 15.9. The first kappa shape index (κ1) is 94.4. The summed E-state index contributed by atoms with van der Waals surface area (Å²) in [5.74, 6) is -19.3. The van der Waals surface area contributed by atoms with Crippen LogP contribution in [0.3, 0.4) is 0 Å². The van der Waals surface area contributed by atoms with Crippen molar-refractivity contribution in [3.05, 3.63) is 18.2 Å². The van der Waals surface area contributed by atoms with Crippen LogP contribution in [-0.2, 0) is 87.9 Å². The van der Waals surface area contributed by atoms with Gasteiger partial charge in [-0.3, -0.25) is 86.5 Å². The van der Waals surface area contributed by atoms with Gasteiger partial charge in [0.2, 0.25) is 82.7 Å². The molecule has 1 heterocycles. The van der Waals surface area contributed by atoms with E-state index in [-0.39, 0.29) is 68.8 Å². The molecule has 0 aliphatic heterocycles. The molecule has 0 spiro atoms. The summed E-state index contributed by atoms with van der Waals surface area (Å²) >= 11 is 0. The molecule has 41 nitrogen and oxygen atoms in total. The lowest BCUT2D eigenvalue weighted by molar-refractivity contribution is -0.139. The number of aliphatic hydroxyl groups is 1. The average molecular weight is 1520 g/mol. The van der Waals surface area contributed by atoms with E-state index >= 15 is 0 Å². The smallest absolute Gasteiger partial charge is 0.322 e. The summed E-state index contributed by atoms with van der Waals surface area (Å²) in [4.78, 5) is 236. The number of guanidine groups is 1. The van der Waals surface area contributed by atoms with Gasteiger partial charge in [-0.1, -0.05) is 69.2 Å². The average Bonchev–Trinajstić information content (AvgIpc) is 1.79. The summed E-state index contributed by atoms with van der Waals surface area (Å²) in [7, 11) is 0.